The van der Waals surface area contributed by atoms with Crippen molar-refractivity contribution in [3.63, 3.8) is 0 Å². The molecule has 150 valence electrons. The molecule has 1 unspecified atom stereocenters. The topological polar surface area (TPSA) is 140 Å². The summed E-state index contributed by atoms with van der Waals surface area (Å²) in [7, 11) is -1.24. The largest absolute Gasteiger partial charge is 0.497 e. The van der Waals surface area contributed by atoms with Gasteiger partial charge in [-0.15, -0.1) is 0 Å². The first kappa shape index (κ1) is 22.4. The molecule has 0 heterocycles. The van der Waals surface area contributed by atoms with Crippen LogP contribution in [0.4, 0.5) is 4.79 Å². The van der Waals surface area contributed by atoms with Crippen LogP contribution in [0.5, 0.6) is 5.75 Å². The van der Waals surface area contributed by atoms with E-state index in [2.05, 4.69) is 10.0 Å². The molecule has 1 rings (SSSR count). The number of sulfonamides is 1. The van der Waals surface area contributed by atoms with Gasteiger partial charge in [-0.3, -0.25) is 14.9 Å². The molecule has 0 aliphatic heterocycles. The van der Waals surface area contributed by atoms with Crippen molar-refractivity contribution < 1.29 is 32.3 Å². The Morgan fingerprint density at radius 3 is 2.19 bits per heavy atom. The second-order valence-electron chi connectivity index (χ2n) is 5.75. The maximum absolute atomic E-state index is 12.5. The van der Waals surface area contributed by atoms with Crippen molar-refractivity contribution in [3.05, 3.63) is 24.3 Å². The number of carbonyl (C=O) groups is 3. The molecule has 1 aromatic carbocycles. The Labute approximate surface area is 157 Å². The smallest absolute Gasteiger partial charge is 0.324 e. The molecule has 0 fully saturated rings. The SMILES string of the molecule is CNC(=O)NC(=O)COC(=O)C(NS(=O)(=O)c1ccc(OC)cc1)C(C)C. The zero-order chi connectivity index (χ0) is 20.6. The zero-order valence-corrected chi connectivity index (χ0v) is 16.3. The van der Waals surface area contributed by atoms with Gasteiger partial charge in [0.05, 0.1) is 12.0 Å². The summed E-state index contributed by atoms with van der Waals surface area (Å²) in [6.07, 6.45) is 0. The van der Waals surface area contributed by atoms with Crippen LogP contribution >= 0.6 is 0 Å². The van der Waals surface area contributed by atoms with Gasteiger partial charge in [-0.2, -0.15) is 4.72 Å². The van der Waals surface area contributed by atoms with Crippen molar-refractivity contribution in [1.29, 1.82) is 0 Å². The number of hydrogen-bond acceptors (Lipinski definition) is 7. The first-order chi connectivity index (χ1) is 12.6. The summed E-state index contributed by atoms with van der Waals surface area (Å²) in [4.78, 5) is 34.6. The number of imide groups is 1. The summed E-state index contributed by atoms with van der Waals surface area (Å²) in [5.74, 6) is -1.75. The molecule has 10 nitrogen and oxygen atoms in total. The van der Waals surface area contributed by atoms with Gasteiger partial charge in [0.15, 0.2) is 6.61 Å². The molecule has 0 aliphatic rings. The Balaban J connectivity index is 2.80. The summed E-state index contributed by atoms with van der Waals surface area (Å²) in [6.45, 7) is 2.51. The van der Waals surface area contributed by atoms with Gasteiger partial charge < -0.3 is 14.8 Å². The van der Waals surface area contributed by atoms with E-state index in [1.165, 1.54) is 38.4 Å². The fourth-order valence-corrected chi connectivity index (χ4v) is 3.23. The summed E-state index contributed by atoms with van der Waals surface area (Å²) >= 11 is 0. The number of urea groups is 1. The highest BCUT2D eigenvalue weighted by atomic mass is 32.2. The van der Waals surface area contributed by atoms with E-state index in [0.29, 0.717) is 5.75 Å². The van der Waals surface area contributed by atoms with Crippen LogP contribution in [0.25, 0.3) is 0 Å². The van der Waals surface area contributed by atoms with Gasteiger partial charge in [0.25, 0.3) is 5.91 Å². The van der Waals surface area contributed by atoms with E-state index in [9.17, 15) is 22.8 Å². The van der Waals surface area contributed by atoms with Gasteiger partial charge in [-0.1, -0.05) is 13.8 Å². The van der Waals surface area contributed by atoms with Gasteiger partial charge in [-0.25, -0.2) is 13.2 Å². The minimum atomic E-state index is -4.01. The van der Waals surface area contributed by atoms with Crippen LogP contribution in [0.2, 0.25) is 0 Å². The minimum Gasteiger partial charge on any atom is -0.497 e. The van der Waals surface area contributed by atoms with Gasteiger partial charge in [0.2, 0.25) is 10.0 Å². The minimum absolute atomic E-state index is 0.0564. The number of ether oxygens (including phenoxy) is 2. The third-order valence-electron chi connectivity index (χ3n) is 3.40. The van der Waals surface area contributed by atoms with Gasteiger partial charge in [0.1, 0.15) is 11.8 Å². The monoisotopic (exact) mass is 401 g/mol. The number of carbonyl (C=O) groups excluding carboxylic acids is 3. The van der Waals surface area contributed by atoms with Crippen LogP contribution in [-0.4, -0.2) is 53.1 Å². The molecule has 0 spiro atoms. The lowest BCUT2D eigenvalue weighted by atomic mass is 10.1. The second kappa shape index (κ2) is 9.88. The number of amides is 3. The van der Waals surface area contributed by atoms with Crippen LogP contribution in [0.15, 0.2) is 29.2 Å². The highest BCUT2D eigenvalue weighted by molar-refractivity contribution is 7.89. The Kier molecular flexibility index (Phi) is 8.19. The number of hydrogen-bond donors (Lipinski definition) is 3. The molecule has 3 N–H and O–H groups in total. The maximum Gasteiger partial charge on any atom is 0.324 e. The lowest BCUT2D eigenvalue weighted by Crippen LogP contribution is -2.46. The summed E-state index contributed by atoms with van der Waals surface area (Å²) in [5.41, 5.74) is 0. The Morgan fingerprint density at radius 1 is 1.11 bits per heavy atom. The predicted molar refractivity (Wildman–Crippen MR) is 95.5 cm³/mol. The number of benzene rings is 1. The number of rotatable bonds is 8. The normalized spacial score (nSPS) is 12.2. The van der Waals surface area contributed by atoms with Crippen LogP contribution in [0.3, 0.4) is 0 Å². The molecule has 27 heavy (non-hydrogen) atoms. The van der Waals surface area contributed by atoms with Crippen molar-refractivity contribution in [1.82, 2.24) is 15.4 Å². The van der Waals surface area contributed by atoms with Crippen LogP contribution in [0, 0.1) is 5.92 Å². The quantitative estimate of drug-likeness (QED) is 0.521. The number of methoxy groups -OCH3 is 1. The molecule has 1 aromatic rings. The molecule has 1 atom stereocenters. The van der Waals surface area contributed by atoms with Crippen molar-refractivity contribution in [2.45, 2.75) is 24.8 Å². The number of esters is 1. The number of nitrogens with one attached hydrogen (secondary N) is 3. The van der Waals surface area contributed by atoms with Crippen molar-refractivity contribution in [2.24, 2.45) is 5.92 Å². The first-order valence-electron chi connectivity index (χ1n) is 7.95. The van der Waals surface area contributed by atoms with Crippen molar-refractivity contribution in [2.75, 3.05) is 20.8 Å². The fourth-order valence-electron chi connectivity index (χ4n) is 1.90. The van der Waals surface area contributed by atoms with E-state index in [4.69, 9.17) is 9.47 Å². The van der Waals surface area contributed by atoms with E-state index in [1.54, 1.807) is 13.8 Å². The average Bonchev–Trinajstić information content (AvgIpc) is 2.63. The van der Waals surface area contributed by atoms with E-state index in [-0.39, 0.29) is 4.90 Å². The van der Waals surface area contributed by atoms with Crippen LogP contribution < -0.4 is 20.1 Å². The van der Waals surface area contributed by atoms with E-state index < -0.39 is 46.5 Å². The molecule has 11 heteroatoms. The molecular weight excluding hydrogens is 378 g/mol. The van der Waals surface area contributed by atoms with Crippen molar-refractivity contribution >= 4 is 27.9 Å². The third-order valence-corrected chi connectivity index (χ3v) is 4.85. The zero-order valence-electron chi connectivity index (χ0n) is 15.4. The lowest BCUT2D eigenvalue weighted by Gasteiger charge is -2.20. The van der Waals surface area contributed by atoms with Crippen LogP contribution in [0.1, 0.15) is 13.8 Å². The van der Waals surface area contributed by atoms with Crippen molar-refractivity contribution in [3.8, 4) is 5.75 Å². The molecule has 0 aromatic heterocycles. The predicted octanol–water partition coefficient (Wildman–Crippen LogP) is -0.00310. The van der Waals surface area contributed by atoms with Gasteiger partial charge in [0, 0.05) is 7.05 Å². The molecule has 0 bridgehead atoms. The summed E-state index contributed by atoms with van der Waals surface area (Å²) in [5, 5.41) is 4.09. The highest BCUT2D eigenvalue weighted by Crippen LogP contribution is 2.17. The Bertz CT molecular complexity index is 776. The molecule has 3 amide bonds. The molecular formula is C16H23N3O7S. The Morgan fingerprint density at radius 2 is 1.70 bits per heavy atom. The highest BCUT2D eigenvalue weighted by Gasteiger charge is 2.30. The van der Waals surface area contributed by atoms with Gasteiger partial charge >= 0.3 is 12.0 Å². The summed E-state index contributed by atoms with van der Waals surface area (Å²) in [6, 6.07) is 3.64. The fraction of sp³-hybridized carbons (Fsp3) is 0.438. The summed E-state index contributed by atoms with van der Waals surface area (Å²) < 4.78 is 37.0. The van der Waals surface area contributed by atoms with E-state index in [0.717, 1.165) is 0 Å². The van der Waals surface area contributed by atoms with Gasteiger partial charge in [-0.05, 0) is 30.2 Å². The lowest BCUT2D eigenvalue weighted by molar-refractivity contribution is -0.150. The molecule has 0 saturated heterocycles. The van der Waals surface area contributed by atoms with E-state index >= 15 is 0 Å². The average molecular weight is 401 g/mol. The standard InChI is InChI=1S/C16H23N3O7S/c1-10(2)14(15(21)26-9-13(20)18-16(22)17-3)19-27(23,24)12-7-5-11(25-4)6-8-12/h5-8,10,14,19H,9H2,1-4H3,(H2,17,18,20,22). The first-order valence-corrected chi connectivity index (χ1v) is 9.43. The second-order valence-corrected chi connectivity index (χ2v) is 7.47. The maximum atomic E-state index is 12.5. The Hall–Kier alpha value is -2.66. The third kappa shape index (κ3) is 6.87. The molecule has 0 radical (unpaired) electrons. The van der Waals surface area contributed by atoms with Crippen LogP contribution in [-0.2, 0) is 24.3 Å². The molecule has 0 saturated carbocycles. The molecule has 0 aliphatic carbocycles. The van der Waals surface area contributed by atoms with E-state index in [1.807, 2.05) is 5.32 Å².